The van der Waals surface area contributed by atoms with Crippen molar-refractivity contribution in [3.63, 3.8) is 0 Å². The lowest BCUT2D eigenvalue weighted by molar-refractivity contribution is -0.118. The van der Waals surface area contributed by atoms with Crippen molar-refractivity contribution < 1.29 is 13.2 Å². The van der Waals surface area contributed by atoms with Gasteiger partial charge in [0.15, 0.2) is 0 Å². The number of rotatable bonds is 5. The Morgan fingerprint density at radius 2 is 2.17 bits per heavy atom. The van der Waals surface area contributed by atoms with Crippen LogP contribution in [0.3, 0.4) is 0 Å². The molecular formula is C16H21N3O3S. The van der Waals surface area contributed by atoms with Crippen LogP contribution < -0.4 is 4.90 Å². The summed E-state index contributed by atoms with van der Waals surface area (Å²) in [5, 5.41) is 8.60. The number of carbonyl (C=O) groups excluding carboxylic acids is 1. The molecule has 1 unspecified atom stereocenters. The number of carbonyl (C=O) groups is 1. The molecule has 2 rings (SSSR count). The molecule has 0 saturated heterocycles. The second kappa shape index (κ2) is 6.69. The van der Waals surface area contributed by atoms with E-state index in [9.17, 15) is 13.2 Å². The van der Waals surface area contributed by atoms with E-state index in [0.29, 0.717) is 12.8 Å². The minimum atomic E-state index is -3.61. The van der Waals surface area contributed by atoms with Crippen molar-refractivity contribution in [2.75, 3.05) is 18.5 Å². The van der Waals surface area contributed by atoms with Crippen LogP contribution in [0.2, 0.25) is 0 Å². The Hall–Kier alpha value is -1.91. The number of fused-ring (bicyclic) bond motifs is 1. The Bertz CT molecular complexity index is 752. The molecule has 0 saturated carbocycles. The van der Waals surface area contributed by atoms with Gasteiger partial charge in [-0.05, 0) is 37.1 Å². The summed E-state index contributed by atoms with van der Waals surface area (Å²) in [7, 11) is -2.15. The zero-order valence-corrected chi connectivity index (χ0v) is 14.4. The van der Waals surface area contributed by atoms with Crippen LogP contribution in [0.4, 0.5) is 5.69 Å². The molecule has 0 bridgehead atoms. The van der Waals surface area contributed by atoms with Gasteiger partial charge >= 0.3 is 0 Å². The van der Waals surface area contributed by atoms with Crippen LogP contribution in [0.15, 0.2) is 23.1 Å². The lowest BCUT2D eigenvalue weighted by Gasteiger charge is -2.22. The van der Waals surface area contributed by atoms with Gasteiger partial charge < -0.3 is 4.90 Å². The maximum absolute atomic E-state index is 12.5. The topological polar surface area (TPSA) is 81.5 Å². The first kappa shape index (κ1) is 17.4. The van der Waals surface area contributed by atoms with Crippen molar-refractivity contribution in [3.8, 4) is 6.07 Å². The minimum Gasteiger partial charge on any atom is -0.309 e. The van der Waals surface area contributed by atoms with Gasteiger partial charge in [0.2, 0.25) is 15.9 Å². The molecule has 1 aliphatic heterocycles. The number of hydrogen-bond donors (Lipinski definition) is 0. The summed E-state index contributed by atoms with van der Waals surface area (Å²) in [6.07, 6.45) is 1.21. The molecular weight excluding hydrogens is 314 g/mol. The predicted molar refractivity (Wildman–Crippen MR) is 87.4 cm³/mol. The number of sulfonamides is 1. The number of anilines is 1. The van der Waals surface area contributed by atoms with Crippen molar-refractivity contribution in [1.82, 2.24) is 4.31 Å². The van der Waals surface area contributed by atoms with Crippen LogP contribution in [0.25, 0.3) is 0 Å². The maximum atomic E-state index is 12.5. The van der Waals surface area contributed by atoms with Gasteiger partial charge in [-0.25, -0.2) is 8.42 Å². The summed E-state index contributed by atoms with van der Waals surface area (Å²) in [6, 6.07) is 6.86. The van der Waals surface area contributed by atoms with Gasteiger partial charge in [-0.1, -0.05) is 6.92 Å². The first-order chi connectivity index (χ1) is 10.8. The maximum Gasteiger partial charge on any atom is 0.242 e. The van der Waals surface area contributed by atoms with Crippen molar-refractivity contribution >= 4 is 21.6 Å². The van der Waals surface area contributed by atoms with Gasteiger partial charge in [0, 0.05) is 38.2 Å². The molecule has 0 N–H and O–H groups in total. The molecule has 0 aromatic heterocycles. The number of nitriles is 1. The molecule has 124 valence electrons. The molecule has 0 aliphatic carbocycles. The highest BCUT2D eigenvalue weighted by Gasteiger charge is 2.31. The molecule has 0 radical (unpaired) electrons. The summed E-state index contributed by atoms with van der Waals surface area (Å²) in [5.74, 6) is 0.0398. The normalized spacial score (nSPS) is 17.2. The van der Waals surface area contributed by atoms with Gasteiger partial charge in [-0.3, -0.25) is 4.79 Å². The van der Waals surface area contributed by atoms with E-state index in [2.05, 4.69) is 0 Å². The Labute approximate surface area is 137 Å². The molecule has 1 atom stereocenters. The third kappa shape index (κ3) is 3.23. The highest BCUT2D eigenvalue weighted by atomic mass is 32.2. The molecule has 6 nitrogen and oxygen atoms in total. The molecule has 1 aromatic rings. The van der Waals surface area contributed by atoms with Crippen molar-refractivity contribution in [2.45, 2.75) is 44.0 Å². The zero-order chi connectivity index (χ0) is 17.2. The lowest BCUT2D eigenvalue weighted by atomic mass is 10.1. The molecule has 1 heterocycles. The van der Waals surface area contributed by atoms with E-state index in [1.54, 1.807) is 17.0 Å². The third-order valence-electron chi connectivity index (χ3n) is 4.08. The van der Waals surface area contributed by atoms with Crippen LogP contribution in [-0.2, 0) is 21.2 Å². The summed E-state index contributed by atoms with van der Waals surface area (Å²) < 4.78 is 26.2. The van der Waals surface area contributed by atoms with Crippen LogP contribution in [-0.4, -0.2) is 38.3 Å². The van der Waals surface area contributed by atoms with Gasteiger partial charge in [0.25, 0.3) is 0 Å². The SMILES string of the molecule is CCC(=O)N1c2ccc(S(=O)(=O)N(C)CCC#N)cc2CC1C. The Kier molecular flexibility index (Phi) is 5.07. The van der Waals surface area contributed by atoms with E-state index in [-0.39, 0.29) is 29.8 Å². The summed E-state index contributed by atoms with van der Waals surface area (Å²) in [4.78, 5) is 14.0. The fraction of sp³-hybridized carbons (Fsp3) is 0.500. The molecule has 7 heteroatoms. The molecule has 0 spiro atoms. The van der Waals surface area contributed by atoms with Crippen LogP contribution >= 0.6 is 0 Å². The second-order valence-electron chi connectivity index (χ2n) is 5.70. The fourth-order valence-electron chi connectivity index (χ4n) is 2.83. The van der Waals surface area contributed by atoms with Gasteiger partial charge in [0.1, 0.15) is 0 Å². The fourth-order valence-corrected chi connectivity index (χ4v) is 4.05. The van der Waals surface area contributed by atoms with Gasteiger partial charge in [0.05, 0.1) is 11.0 Å². The number of benzene rings is 1. The van der Waals surface area contributed by atoms with Crippen molar-refractivity contribution in [1.29, 1.82) is 5.26 Å². The molecule has 0 fully saturated rings. The first-order valence-electron chi connectivity index (χ1n) is 7.61. The smallest absolute Gasteiger partial charge is 0.242 e. The molecule has 1 amide bonds. The second-order valence-corrected chi connectivity index (χ2v) is 7.74. The highest BCUT2D eigenvalue weighted by Crippen LogP contribution is 2.34. The van der Waals surface area contributed by atoms with Crippen LogP contribution in [0.1, 0.15) is 32.3 Å². The average molecular weight is 335 g/mol. The Morgan fingerprint density at radius 1 is 1.48 bits per heavy atom. The molecule has 1 aliphatic rings. The average Bonchev–Trinajstić information content (AvgIpc) is 2.86. The molecule has 1 aromatic carbocycles. The predicted octanol–water partition coefficient (Wildman–Crippen LogP) is 1.91. The number of amides is 1. The van der Waals surface area contributed by atoms with Gasteiger partial charge in [-0.15, -0.1) is 0 Å². The van der Waals surface area contributed by atoms with Crippen molar-refractivity contribution in [3.05, 3.63) is 23.8 Å². The Balaban J connectivity index is 2.35. The first-order valence-corrected chi connectivity index (χ1v) is 9.05. The van der Waals surface area contributed by atoms with E-state index in [1.165, 1.54) is 17.4 Å². The monoisotopic (exact) mass is 335 g/mol. The lowest BCUT2D eigenvalue weighted by Crippen LogP contribution is -2.35. The van der Waals surface area contributed by atoms with E-state index in [4.69, 9.17) is 5.26 Å². The van der Waals surface area contributed by atoms with E-state index >= 15 is 0 Å². The van der Waals surface area contributed by atoms with Crippen molar-refractivity contribution in [2.24, 2.45) is 0 Å². The minimum absolute atomic E-state index is 0.0340. The zero-order valence-electron chi connectivity index (χ0n) is 13.6. The number of hydrogen-bond acceptors (Lipinski definition) is 4. The van der Waals surface area contributed by atoms with Crippen LogP contribution in [0, 0.1) is 11.3 Å². The summed E-state index contributed by atoms with van der Waals surface area (Å²) in [5.41, 5.74) is 1.66. The van der Waals surface area contributed by atoms with Crippen LogP contribution in [0.5, 0.6) is 0 Å². The van der Waals surface area contributed by atoms with Gasteiger partial charge in [-0.2, -0.15) is 9.57 Å². The van der Waals surface area contributed by atoms with E-state index in [0.717, 1.165) is 11.3 Å². The quantitative estimate of drug-likeness (QED) is 0.823. The van der Waals surface area contributed by atoms with E-state index < -0.39 is 10.0 Å². The summed E-state index contributed by atoms with van der Waals surface area (Å²) >= 11 is 0. The van der Waals surface area contributed by atoms with E-state index in [1.807, 2.05) is 19.9 Å². The third-order valence-corrected chi connectivity index (χ3v) is 5.94. The highest BCUT2D eigenvalue weighted by molar-refractivity contribution is 7.89. The number of nitrogens with zero attached hydrogens (tertiary/aromatic N) is 3. The molecule has 23 heavy (non-hydrogen) atoms. The Morgan fingerprint density at radius 3 is 2.78 bits per heavy atom. The summed E-state index contributed by atoms with van der Waals surface area (Å²) in [6.45, 7) is 3.93. The largest absolute Gasteiger partial charge is 0.309 e. The standard InChI is InChI=1S/C16H21N3O3S/c1-4-16(20)19-12(2)10-13-11-14(6-7-15(13)19)23(21,22)18(3)9-5-8-17/h6-7,11-12H,4-5,9-10H2,1-3H3.